The number of esters is 1. The second kappa shape index (κ2) is 5.63. The lowest BCUT2D eigenvalue weighted by Crippen LogP contribution is -2.34. The summed E-state index contributed by atoms with van der Waals surface area (Å²) in [5.74, 6) is -0.663. The van der Waals surface area contributed by atoms with Gasteiger partial charge in [0.15, 0.2) is 6.10 Å². The fourth-order valence-electron chi connectivity index (χ4n) is 2.00. The van der Waals surface area contributed by atoms with Crippen molar-refractivity contribution in [3.05, 3.63) is 34.7 Å². The summed E-state index contributed by atoms with van der Waals surface area (Å²) in [4.78, 5) is 25.9. The number of fused-ring (bicyclic) bond motifs is 1. The first-order valence-electron chi connectivity index (χ1n) is 6.32. The van der Waals surface area contributed by atoms with Gasteiger partial charge in [-0.1, -0.05) is 18.2 Å². The summed E-state index contributed by atoms with van der Waals surface area (Å²) >= 11 is 1.39. The fourth-order valence-corrected chi connectivity index (χ4v) is 3.09. The molecule has 2 rings (SSSR count). The standard InChI is InChI=1S/C15H17NO3S/c1-9-11-7-5-6-8-12(11)20-13(9)15(18)19-10(2)14(17)16(3)4/h5-8,10H,1-4H3/t10-/m0/s1. The summed E-state index contributed by atoms with van der Waals surface area (Å²) in [6, 6.07) is 7.82. The highest BCUT2D eigenvalue weighted by Crippen LogP contribution is 2.31. The number of carbonyl (C=O) groups excluding carboxylic acids is 2. The normalized spacial score (nSPS) is 12.2. The first-order chi connectivity index (χ1) is 9.41. The molecule has 0 saturated carbocycles. The lowest BCUT2D eigenvalue weighted by Gasteiger charge is -2.16. The summed E-state index contributed by atoms with van der Waals surface area (Å²) in [5, 5.41) is 1.05. The molecule has 2 aromatic rings. The fraction of sp³-hybridized carbons (Fsp3) is 0.333. The van der Waals surface area contributed by atoms with Crippen LogP contribution in [-0.2, 0) is 9.53 Å². The molecule has 0 radical (unpaired) electrons. The number of rotatable bonds is 3. The Kier molecular flexibility index (Phi) is 4.09. The number of nitrogens with zero attached hydrogens (tertiary/aromatic N) is 1. The van der Waals surface area contributed by atoms with Crippen LogP contribution in [0.5, 0.6) is 0 Å². The number of benzene rings is 1. The lowest BCUT2D eigenvalue weighted by molar-refractivity contribution is -0.137. The van der Waals surface area contributed by atoms with Gasteiger partial charge < -0.3 is 9.64 Å². The first kappa shape index (κ1) is 14.5. The van der Waals surface area contributed by atoms with Crippen LogP contribution in [0.4, 0.5) is 0 Å². The number of likely N-dealkylation sites (N-methyl/N-ethyl adjacent to an activating group) is 1. The zero-order valence-electron chi connectivity index (χ0n) is 12.0. The molecular weight excluding hydrogens is 274 g/mol. The molecule has 4 nitrogen and oxygen atoms in total. The van der Waals surface area contributed by atoms with E-state index in [1.54, 1.807) is 21.0 Å². The Bertz CT molecular complexity index is 660. The average Bonchev–Trinajstić information content (AvgIpc) is 2.75. The van der Waals surface area contributed by atoms with Gasteiger partial charge in [0.2, 0.25) is 0 Å². The van der Waals surface area contributed by atoms with Gasteiger partial charge in [0.1, 0.15) is 4.88 Å². The molecule has 0 saturated heterocycles. The Labute approximate surface area is 122 Å². The van der Waals surface area contributed by atoms with Crippen molar-refractivity contribution in [1.29, 1.82) is 0 Å². The van der Waals surface area contributed by atoms with E-state index in [1.807, 2.05) is 31.2 Å². The molecular formula is C15H17NO3S. The van der Waals surface area contributed by atoms with E-state index in [2.05, 4.69) is 0 Å². The van der Waals surface area contributed by atoms with Crippen molar-refractivity contribution in [1.82, 2.24) is 4.90 Å². The molecule has 0 unspecified atom stereocenters. The molecule has 0 aliphatic carbocycles. The van der Waals surface area contributed by atoms with Gasteiger partial charge in [-0.05, 0) is 30.9 Å². The van der Waals surface area contributed by atoms with Gasteiger partial charge >= 0.3 is 5.97 Å². The summed E-state index contributed by atoms with van der Waals surface area (Å²) < 4.78 is 6.30. The number of ether oxygens (including phenoxy) is 1. The molecule has 0 fully saturated rings. The van der Waals surface area contributed by atoms with Gasteiger partial charge in [-0.15, -0.1) is 11.3 Å². The summed E-state index contributed by atoms with van der Waals surface area (Å²) in [6.07, 6.45) is -0.776. The molecule has 0 spiro atoms. The van der Waals surface area contributed by atoms with Crippen molar-refractivity contribution < 1.29 is 14.3 Å². The van der Waals surface area contributed by atoms with Gasteiger partial charge in [0.05, 0.1) is 0 Å². The van der Waals surface area contributed by atoms with E-state index in [4.69, 9.17) is 4.74 Å². The van der Waals surface area contributed by atoms with Crippen LogP contribution >= 0.6 is 11.3 Å². The molecule has 1 amide bonds. The minimum atomic E-state index is -0.776. The molecule has 1 heterocycles. The Balaban J connectivity index is 2.24. The number of hydrogen-bond donors (Lipinski definition) is 0. The third kappa shape index (κ3) is 2.67. The quantitative estimate of drug-likeness (QED) is 0.817. The number of thiophene rings is 1. The van der Waals surface area contributed by atoms with E-state index in [1.165, 1.54) is 16.2 Å². The number of carbonyl (C=O) groups is 2. The monoisotopic (exact) mass is 291 g/mol. The van der Waals surface area contributed by atoms with Gasteiger partial charge in [-0.2, -0.15) is 0 Å². The van der Waals surface area contributed by atoms with Crippen LogP contribution in [0.25, 0.3) is 10.1 Å². The van der Waals surface area contributed by atoms with Crippen molar-refractivity contribution in [2.75, 3.05) is 14.1 Å². The van der Waals surface area contributed by atoms with Gasteiger partial charge in [0.25, 0.3) is 5.91 Å². The highest BCUT2D eigenvalue weighted by molar-refractivity contribution is 7.21. The van der Waals surface area contributed by atoms with Gasteiger partial charge in [-0.25, -0.2) is 4.79 Å². The van der Waals surface area contributed by atoms with Crippen LogP contribution < -0.4 is 0 Å². The maximum atomic E-state index is 12.2. The average molecular weight is 291 g/mol. The molecule has 0 N–H and O–H groups in total. The van der Waals surface area contributed by atoms with E-state index < -0.39 is 12.1 Å². The van der Waals surface area contributed by atoms with Crippen LogP contribution in [0.2, 0.25) is 0 Å². The van der Waals surface area contributed by atoms with Crippen molar-refractivity contribution in [2.45, 2.75) is 20.0 Å². The van der Waals surface area contributed by atoms with Gasteiger partial charge in [-0.3, -0.25) is 4.79 Å². The molecule has 1 aromatic heterocycles. The first-order valence-corrected chi connectivity index (χ1v) is 7.13. The minimum Gasteiger partial charge on any atom is -0.448 e. The molecule has 20 heavy (non-hydrogen) atoms. The van der Waals surface area contributed by atoms with Gasteiger partial charge in [0, 0.05) is 18.8 Å². The second-order valence-electron chi connectivity index (χ2n) is 4.83. The molecule has 5 heteroatoms. The molecule has 106 valence electrons. The van der Waals surface area contributed by atoms with Crippen LogP contribution in [0.15, 0.2) is 24.3 Å². The van der Waals surface area contributed by atoms with Crippen LogP contribution in [0.3, 0.4) is 0 Å². The smallest absolute Gasteiger partial charge is 0.349 e. The van der Waals surface area contributed by atoms with Crippen molar-refractivity contribution in [2.24, 2.45) is 0 Å². The Morgan fingerprint density at radius 3 is 2.50 bits per heavy atom. The number of amides is 1. The largest absolute Gasteiger partial charge is 0.448 e. The van der Waals surface area contributed by atoms with E-state index in [0.29, 0.717) is 4.88 Å². The van der Waals surface area contributed by atoms with Crippen molar-refractivity contribution >= 4 is 33.3 Å². The van der Waals surface area contributed by atoms with E-state index in [0.717, 1.165) is 15.6 Å². The van der Waals surface area contributed by atoms with Crippen LogP contribution in [0, 0.1) is 6.92 Å². The maximum absolute atomic E-state index is 12.2. The highest BCUT2D eigenvalue weighted by Gasteiger charge is 2.23. The maximum Gasteiger partial charge on any atom is 0.349 e. The predicted octanol–water partition coefficient (Wildman–Crippen LogP) is 2.84. The minimum absolute atomic E-state index is 0.225. The molecule has 0 aliphatic heterocycles. The Morgan fingerprint density at radius 2 is 1.90 bits per heavy atom. The van der Waals surface area contributed by atoms with E-state index >= 15 is 0 Å². The third-order valence-electron chi connectivity index (χ3n) is 3.10. The molecule has 0 bridgehead atoms. The zero-order chi connectivity index (χ0) is 14.9. The topological polar surface area (TPSA) is 46.6 Å². The Hall–Kier alpha value is -1.88. The number of aryl methyl sites for hydroxylation is 1. The van der Waals surface area contributed by atoms with Crippen LogP contribution in [-0.4, -0.2) is 37.0 Å². The van der Waals surface area contributed by atoms with E-state index in [9.17, 15) is 9.59 Å². The molecule has 1 atom stereocenters. The molecule has 0 aliphatic rings. The number of hydrogen-bond acceptors (Lipinski definition) is 4. The highest BCUT2D eigenvalue weighted by atomic mass is 32.1. The molecule has 1 aromatic carbocycles. The SMILES string of the molecule is Cc1c(C(=O)O[C@@H](C)C(=O)N(C)C)sc2ccccc12. The summed E-state index contributed by atoms with van der Waals surface area (Å²) in [5.41, 5.74) is 0.903. The van der Waals surface area contributed by atoms with E-state index in [-0.39, 0.29) is 5.91 Å². The van der Waals surface area contributed by atoms with Crippen molar-refractivity contribution in [3.63, 3.8) is 0 Å². The summed E-state index contributed by atoms with van der Waals surface area (Å²) in [6.45, 7) is 3.48. The van der Waals surface area contributed by atoms with Crippen molar-refractivity contribution in [3.8, 4) is 0 Å². The lowest BCUT2D eigenvalue weighted by atomic mass is 10.1. The summed E-state index contributed by atoms with van der Waals surface area (Å²) in [7, 11) is 3.27. The predicted molar refractivity (Wildman–Crippen MR) is 80.1 cm³/mol. The third-order valence-corrected chi connectivity index (χ3v) is 4.35. The zero-order valence-corrected chi connectivity index (χ0v) is 12.8. The Morgan fingerprint density at radius 1 is 1.25 bits per heavy atom. The van der Waals surface area contributed by atoms with Crippen LogP contribution in [0.1, 0.15) is 22.2 Å². The second-order valence-corrected chi connectivity index (χ2v) is 5.88.